The summed E-state index contributed by atoms with van der Waals surface area (Å²) in [6.45, 7) is 4.34. The summed E-state index contributed by atoms with van der Waals surface area (Å²) in [6, 6.07) is -0.410. The van der Waals surface area contributed by atoms with Crippen molar-refractivity contribution >= 4 is 0 Å². The van der Waals surface area contributed by atoms with Crippen molar-refractivity contribution in [2.75, 3.05) is 26.2 Å². The molecular weight excluding hydrogens is 260 g/mol. The lowest BCUT2D eigenvalue weighted by Crippen LogP contribution is -2.60. The Hall–Kier alpha value is -0.260. The van der Waals surface area contributed by atoms with E-state index in [2.05, 4.69) is 9.80 Å². The van der Waals surface area contributed by atoms with Crippen LogP contribution in [0, 0.1) is 0 Å². The van der Waals surface area contributed by atoms with Gasteiger partial charge in [0.15, 0.2) is 0 Å². The standard InChI is InChI=1S/C15H27F2N3/c16-15(17)7-3-4-13(14(15)18)20-10-5-12(6-11-20)19-8-1-2-9-19/h12-14H,1-11,18H2/t13-,14+/m0/s1. The van der Waals surface area contributed by atoms with Crippen LogP contribution >= 0.6 is 0 Å². The monoisotopic (exact) mass is 287 g/mol. The molecule has 3 nitrogen and oxygen atoms in total. The van der Waals surface area contributed by atoms with E-state index in [1.807, 2.05) is 0 Å². The van der Waals surface area contributed by atoms with Crippen molar-refractivity contribution in [1.82, 2.24) is 9.80 Å². The molecular formula is C15H27F2N3. The normalized spacial score (nSPS) is 37.4. The molecule has 2 aliphatic heterocycles. The van der Waals surface area contributed by atoms with Crippen LogP contribution in [0.2, 0.25) is 0 Å². The van der Waals surface area contributed by atoms with Gasteiger partial charge in [0.2, 0.25) is 0 Å². The van der Waals surface area contributed by atoms with E-state index in [0.717, 1.165) is 32.4 Å². The van der Waals surface area contributed by atoms with Crippen LogP contribution in [0.1, 0.15) is 44.9 Å². The molecule has 1 saturated carbocycles. The van der Waals surface area contributed by atoms with Gasteiger partial charge in [0.1, 0.15) is 0 Å². The zero-order valence-corrected chi connectivity index (χ0v) is 12.2. The zero-order chi connectivity index (χ0) is 14.2. The molecule has 3 rings (SSSR count). The molecule has 0 amide bonds. The molecule has 2 saturated heterocycles. The lowest BCUT2D eigenvalue weighted by Gasteiger charge is -2.45. The molecule has 0 aromatic rings. The highest BCUT2D eigenvalue weighted by atomic mass is 19.3. The molecule has 0 unspecified atom stereocenters. The van der Waals surface area contributed by atoms with E-state index in [-0.39, 0.29) is 12.5 Å². The summed E-state index contributed by atoms with van der Waals surface area (Å²) in [5, 5.41) is 0. The first kappa shape index (κ1) is 14.7. The number of nitrogens with zero attached hydrogens (tertiary/aromatic N) is 2. The predicted octanol–water partition coefficient (Wildman–Crippen LogP) is 2.06. The van der Waals surface area contributed by atoms with Crippen molar-refractivity contribution in [1.29, 1.82) is 0 Å². The fourth-order valence-corrected chi connectivity index (χ4v) is 4.27. The van der Waals surface area contributed by atoms with Gasteiger partial charge in [0, 0.05) is 18.5 Å². The van der Waals surface area contributed by atoms with Gasteiger partial charge in [-0.25, -0.2) is 8.78 Å². The first-order chi connectivity index (χ1) is 9.58. The Kier molecular flexibility index (Phi) is 4.29. The van der Waals surface area contributed by atoms with Crippen LogP contribution in [0.25, 0.3) is 0 Å². The van der Waals surface area contributed by atoms with Crippen LogP contribution in [0.3, 0.4) is 0 Å². The summed E-state index contributed by atoms with van der Waals surface area (Å²) in [5.74, 6) is -2.67. The molecule has 1 aliphatic carbocycles. The topological polar surface area (TPSA) is 32.5 Å². The van der Waals surface area contributed by atoms with Crippen molar-refractivity contribution in [2.45, 2.75) is 69.0 Å². The van der Waals surface area contributed by atoms with Crippen molar-refractivity contribution < 1.29 is 8.78 Å². The van der Waals surface area contributed by atoms with Crippen molar-refractivity contribution in [2.24, 2.45) is 5.73 Å². The smallest absolute Gasteiger partial charge is 0.264 e. The molecule has 2 N–H and O–H groups in total. The Bertz CT molecular complexity index is 323. The Morgan fingerprint density at radius 3 is 2.15 bits per heavy atom. The second kappa shape index (κ2) is 5.85. The van der Waals surface area contributed by atoms with E-state index in [9.17, 15) is 8.78 Å². The summed E-state index contributed by atoms with van der Waals surface area (Å²) in [7, 11) is 0. The van der Waals surface area contributed by atoms with E-state index in [4.69, 9.17) is 5.73 Å². The summed E-state index contributed by atoms with van der Waals surface area (Å²) in [5.41, 5.74) is 5.84. The van der Waals surface area contributed by atoms with Crippen LogP contribution in [-0.2, 0) is 0 Å². The summed E-state index contributed by atoms with van der Waals surface area (Å²) in [6.07, 6.45) is 6.29. The van der Waals surface area contributed by atoms with Crippen LogP contribution in [-0.4, -0.2) is 60.0 Å². The highest BCUT2D eigenvalue weighted by Gasteiger charge is 2.47. The molecule has 0 aromatic carbocycles. The average Bonchev–Trinajstić information content (AvgIpc) is 2.96. The lowest BCUT2D eigenvalue weighted by molar-refractivity contribution is -0.0867. The maximum Gasteiger partial charge on any atom is 0.264 e. The Labute approximate surface area is 120 Å². The fraction of sp³-hybridized carbons (Fsp3) is 1.00. The van der Waals surface area contributed by atoms with Crippen molar-refractivity contribution in [3.05, 3.63) is 0 Å². The fourth-order valence-electron chi connectivity index (χ4n) is 4.27. The molecule has 2 heterocycles. The minimum Gasteiger partial charge on any atom is -0.321 e. The second-order valence-corrected chi connectivity index (χ2v) is 6.76. The first-order valence-corrected chi connectivity index (χ1v) is 8.19. The average molecular weight is 287 g/mol. The Morgan fingerprint density at radius 2 is 1.50 bits per heavy atom. The van der Waals surface area contributed by atoms with Gasteiger partial charge in [-0.05, 0) is 64.7 Å². The number of nitrogens with two attached hydrogens (primary N) is 1. The van der Waals surface area contributed by atoms with E-state index >= 15 is 0 Å². The lowest BCUT2D eigenvalue weighted by atomic mass is 9.85. The number of hydrogen-bond acceptors (Lipinski definition) is 3. The molecule has 0 bridgehead atoms. The van der Waals surface area contributed by atoms with Crippen LogP contribution in [0.15, 0.2) is 0 Å². The van der Waals surface area contributed by atoms with Gasteiger partial charge in [-0.1, -0.05) is 0 Å². The second-order valence-electron chi connectivity index (χ2n) is 6.76. The van der Waals surface area contributed by atoms with Gasteiger partial charge in [-0.3, -0.25) is 4.90 Å². The SMILES string of the molecule is N[C@@H]1[C@@H](N2CCC(N3CCCC3)CC2)CCCC1(F)F. The van der Waals surface area contributed by atoms with Crippen LogP contribution in [0.4, 0.5) is 8.78 Å². The number of halogens is 2. The van der Waals surface area contributed by atoms with Gasteiger partial charge < -0.3 is 10.6 Å². The minimum atomic E-state index is -2.67. The van der Waals surface area contributed by atoms with Gasteiger partial charge >= 0.3 is 0 Å². The molecule has 0 spiro atoms. The van der Waals surface area contributed by atoms with Crippen molar-refractivity contribution in [3.63, 3.8) is 0 Å². The van der Waals surface area contributed by atoms with Crippen LogP contribution < -0.4 is 5.73 Å². The molecule has 0 aromatic heterocycles. The Morgan fingerprint density at radius 1 is 0.850 bits per heavy atom. The number of alkyl halides is 2. The molecule has 20 heavy (non-hydrogen) atoms. The molecule has 5 heteroatoms. The third-order valence-electron chi connectivity index (χ3n) is 5.54. The number of likely N-dealkylation sites (tertiary alicyclic amines) is 2. The summed E-state index contributed by atoms with van der Waals surface area (Å²) < 4.78 is 27.5. The van der Waals surface area contributed by atoms with Crippen LogP contribution in [0.5, 0.6) is 0 Å². The quantitative estimate of drug-likeness (QED) is 0.844. The third-order valence-corrected chi connectivity index (χ3v) is 5.54. The number of hydrogen-bond donors (Lipinski definition) is 1. The highest BCUT2D eigenvalue weighted by Crippen LogP contribution is 2.36. The first-order valence-electron chi connectivity index (χ1n) is 8.19. The molecule has 2 atom stereocenters. The van der Waals surface area contributed by atoms with E-state index < -0.39 is 12.0 Å². The predicted molar refractivity (Wildman–Crippen MR) is 76.0 cm³/mol. The maximum atomic E-state index is 13.8. The summed E-state index contributed by atoms with van der Waals surface area (Å²) >= 11 is 0. The zero-order valence-electron chi connectivity index (χ0n) is 12.2. The molecule has 0 radical (unpaired) electrons. The molecule has 3 aliphatic rings. The highest BCUT2D eigenvalue weighted by molar-refractivity contribution is 4.97. The Balaban J connectivity index is 1.54. The van der Waals surface area contributed by atoms with Gasteiger partial charge in [-0.2, -0.15) is 0 Å². The number of rotatable bonds is 2. The van der Waals surface area contributed by atoms with Gasteiger partial charge in [0.05, 0.1) is 6.04 Å². The molecule has 3 fully saturated rings. The van der Waals surface area contributed by atoms with Gasteiger partial charge in [-0.15, -0.1) is 0 Å². The van der Waals surface area contributed by atoms with E-state index in [1.165, 1.54) is 25.9 Å². The minimum absolute atomic E-state index is 0.0328. The summed E-state index contributed by atoms with van der Waals surface area (Å²) in [4.78, 5) is 4.83. The van der Waals surface area contributed by atoms with E-state index in [0.29, 0.717) is 12.5 Å². The maximum absolute atomic E-state index is 13.8. The van der Waals surface area contributed by atoms with Gasteiger partial charge in [0.25, 0.3) is 5.92 Å². The third kappa shape index (κ3) is 2.85. The largest absolute Gasteiger partial charge is 0.321 e. The number of piperidine rings is 1. The molecule has 116 valence electrons. The van der Waals surface area contributed by atoms with E-state index in [1.54, 1.807) is 0 Å². The van der Waals surface area contributed by atoms with Crippen molar-refractivity contribution in [3.8, 4) is 0 Å².